The first kappa shape index (κ1) is 16.0. The van der Waals surface area contributed by atoms with Crippen LogP contribution in [0.15, 0.2) is 42.6 Å². The Bertz CT molecular complexity index is 584. The average molecular weight is 302 g/mol. The lowest BCUT2D eigenvalue weighted by Crippen LogP contribution is -2.09. The molecule has 0 saturated heterocycles. The lowest BCUT2D eigenvalue weighted by atomic mass is 9.87. The molecule has 0 saturated carbocycles. The van der Waals surface area contributed by atoms with Gasteiger partial charge in [0.2, 0.25) is 0 Å². The van der Waals surface area contributed by atoms with Crippen molar-refractivity contribution in [3.63, 3.8) is 0 Å². The van der Waals surface area contributed by atoms with E-state index in [0.29, 0.717) is 5.92 Å². The van der Waals surface area contributed by atoms with Gasteiger partial charge in [0.15, 0.2) is 0 Å². The van der Waals surface area contributed by atoms with Crippen molar-refractivity contribution in [1.82, 2.24) is 4.98 Å². The van der Waals surface area contributed by atoms with Crippen LogP contribution in [-0.2, 0) is 12.8 Å². The Kier molecular flexibility index (Phi) is 5.05. The Morgan fingerprint density at radius 2 is 1.90 bits per heavy atom. The quantitative estimate of drug-likeness (QED) is 0.709. The van der Waals surface area contributed by atoms with E-state index >= 15 is 0 Å². The first-order valence-corrected chi connectivity index (χ1v) is 7.91. The monoisotopic (exact) mass is 301 g/mol. The van der Waals surface area contributed by atoms with Crippen LogP contribution in [0.5, 0.6) is 0 Å². The Morgan fingerprint density at radius 1 is 1.14 bits per heavy atom. The van der Waals surface area contributed by atoms with E-state index in [1.54, 1.807) is 0 Å². The summed E-state index contributed by atoms with van der Waals surface area (Å²) in [6.07, 6.45) is 3.84. The molecule has 2 rings (SSSR count). The van der Waals surface area contributed by atoms with Gasteiger partial charge in [0, 0.05) is 22.8 Å². The van der Waals surface area contributed by atoms with E-state index in [1.807, 2.05) is 24.4 Å². The number of aromatic nitrogens is 1. The number of nitrogens with zero attached hydrogens (tertiary/aromatic N) is 1. The van der Waals surface area contributed by atoms with Crippen molar-refractivity contribution in [2.24, 2.45) is 5.41 Å². The Hall–Kier alpha value is -1.34. The molecule has 0 aliphatic rings. The molecule has 1 heterocycles. The second-order valence-electron chi connectivity index (χ2n) is 7.02. The number of hydrogen-bond acceptors (Lipinski definition) is 1. The van der Waals surface area contributed by atoms with Crippen molar-refractivity contribution in [2.45, 2.75) is 46.5 Å². The number of rotatable bonds is 4. The van der Waals surface area contributed by atoms with Crippen LogP contribution in [0, 0.1) is 5.41 Å². The van der Waals surface area contributed by atoms with Gasteiger partial charge in [0.05, 0.1) is 0 Å². The van der Waals surface area contributed by atoms with Crippen LogP contribution in [-0.4, -0.2) is 4.98 Å². The molecule has 0 aliphatic heterocycles. The number of benzene rings is 1. The van der Waals surface area contributed by atoms with Gasteiger partial charge in [-0.1, -0.05) is 57.5 Å². The van der Waals surface area contributed by atoms with Gasteiger partial charge >= 0.3 is 0 Å². The largest absolute Gasteiger partial charge is 0.261 e. The predicted molar refractivity (Wildman–Crippen MR) is 91.0 cm³/mol. The molecule has 1 nitrogen and oxygen atoms in total. The molecule has 0 N–H and O–H groups in total. The number of halogens is 1. The van der Waals surface area contributed by atoms with Crippen LogP contribution >= 0.6 is 11.6 Å². The third-order valence-electron chi connectivity index (χ3n) is 3.56. The molecule has 0 aliphatic carbocycles. The molecule has 0 spiro atoms. The van der Waals surface area contributed by atoms with Gasteiger partial charge in [-0.25, -0.2) is 0 Å². The highest BCUT2D eigenvalue weighted by atomic mass is 35.5. The summed E-state index contributed by atoms with van der Waals surface area (Å²) in [5, 5.41) is 0.857. The topological polar surface area (TPSA) is 12.9 Å². The second kappa shape index (κ2) is 6.62. The fraction of sp³-hybridized carbons (Fsp3) is 0.421. The molecule has 0 radical (unpaired) electrons. The molecular formula is C19H24ClN. The van der Waals surface area contributed by atoms with Crippen molar-refractivity contribution in [3.8, 4) is 0 Å². The normalized spacial score (nSPS) is 13.2. The molecule has 1 aromatic heterocycles. The van der Waals surface area contributed by atoms with E-state index < -0.39 is 0 Å². The highest BCUT2D eigenvalue weighted by Gasteiger charge is 2.14. The summed E-state index contributed by atoms with van der Waals surface area (Å²) in [6, 6.07) is 12.5. The van der Waals surface area contributed by atoms with Gasteiger partial charge in [-0.05, 0) is 47.6 Å². The van der Waals surface area contributed by atoms with Gasteiger partial charge in [-0.3, -0.25) is 4.98 Å². The number of pyridine rings is 1. The zero-order valence-corrected chi connectivity index (χ0v) is 14.1. The Morgan fingerprint density at radius 3 is 2.52 bits per heavy atom. The standard InChI is InChI=1S/C19H24ClN/c1-14(18-7-5-6-10-21-18)11-16-12-15(8-9-17(16)20)13-19(2,3)4/h5-10,12,14H,11,13H2,1-4H3. The molecule has 1 unspecified atom stereocenters. The van der Waals surface area contributed by atoms with E-state index in [9.17, 15) is 0 Å². The lowest BCUT2D eigenvalue weighted by Gasteiger charge is -2.19. The molecule has 1 atom stereocenters. The van der Waals surface area contributed by atoms with Crippen LogP contribution in [0.4, 0.5) is 0 Å². The molecule has 21 heavy (non-hydrogen) atoms. The molecule has 2 heteroatoms. The summed E-state index contributed by atoms with van der Waals surface area (Å²) in [7, 11) is 0. The SMILES string of the molecule is CC(Cc1cc(CC(C)(C)C)ccc1Cl)c1ccccn1. The molecule has 1 aromatic carbocycles. The van der Waals surface area contributed by atoms with E-state index in [1.165, 1.54) is 11.1 Å². The molecule has 2 aromatic rings. The minimum Gasteiger partial charge on any atom is -0.261 e. The summed E-state index contributed by atoms with van der Waals surface area (Å²) in [6.45, 7) is 8.99. The first-order chi connectivity index (χ1) is 9.85. The van der Waals surface area contributed by atoms with Crippen LogP contribution in [0.1, 0.15) is 50.4 Å². The van der Waals surface area contributed by atoms with E-state index in [4.69, 9.17) is 11.6 Å². The van der Waals surface area contributed by atoms with Crippen LogP contribution in [0.2, 0.25) is 5.02 Å². The maximum Gasteiger partial charge on any atom is 0.0438 e. The first-order valence-electron chi connectivity index (χ1n) is 7.53. The fourth-order valence-corrected chi connectivity index (χ4v) is 2.80. The lowest BCUT2D eigenvalue weighted by molar-refractivity contribution is 0.411. The van der Waals surface area contributed by atoms with Crippen molar-refractivity contribution >= 4 is 11.6 Å². The maximum absolute atomic E-state index is 6.38. The Balaban J connectivity index is 2.17. The fourth-order valence-electron chi connectivity index (χ4n) is 2.61. The molecule has 0 fully saturated rings. The molecular weight excluding hydrogens is 278 g/mol. The second-order valence-corrected chi connectivity index (χ2v) is 7.43. The molecule has 0 amide bonds. The molecule has 0 bridgehead atoms. The summed E-state index contributed by atoms with van der Waals surface area (Å²) in [4.78, 5) is 4.44. The minimum atomic E-state index is 0.289. The highest BCUT2D eigenvalue weighted by molar-refractivity contribution is 6.31. The van der Waals surface area contributed by atoms with E-state index in [-0.39, 0.29) is 5.41 Å². The van der Waals surface area contributed by atoms with Gasteiger partial charge in [-0.15, -0.1) is 0 Å². The van der Waals surface area contributed by atoms with Gasteiger partial charge < -0.3 is 0 Å². The zero-order chi connectivity index (χ0) is 15.5. The van der Waals surface area contributed by atoms with Gasteiger partial charge in [0.1, 0.15) is 0 Å². The zero-order valence-electron chi connectivity index (χ0n) is 13.4. The van der Waals surface area contributed by atoms with E-state index in [0.717, 1.165) is 23.6 Å². The van der Waals surface area contributed by atoms with Crippen LogP contribution < -0.4 is 0 Å². The molecule has 112 valence electrons. The maximum atomic E-state index is 6.38. The third kappa shape index (κ3) is 4.86. The summed E-state index contributed by atoms with van der Waals surface area (Å²) < 4.78 is 0. The predicted octanol–water partition coefficient (Wildman–Crippen LogP) is 5.67. The number of hydrogen-bond donors (Lipinski definition) is 0. The van der Waals surface area contributed by atoms with Crippen molar-refractivity contribution in [1.29, 1.82) is 0 Å². The van der Waals surface area contributed by atoms with Crippen LogP contribution in [0.3, 0.4) is 0 Å². The summed E-state index contributed by atoms with van der Waals surface area (Å²) in [5.74, 6) is 0.369. The van der Waals surface area contributed by atoms with Crippen molar-refractivity contribution in [2.75, 3.05) is 0 Å². The third-order valence-corrected chi connectivity index (χ3v) is 3.93. The summed E-state index contributed by atoms with van der Waals surface area (Å²) in [5.41, 5.74) is 3.99. The smallest absolute Gasteiger partial charge is 0.0438 e. The van der Waals surface area contributed by atoms with Gasteiger partial charge in [0.25, 0.3) is 0 Å². The van der Waals surface area contributed by atoms with Gasteiger partial charge in [-0.2, -0.15) is 0 Å². The minimum absolute atomic E-state index is 0.289. The highest BCUT2D eigenvalue weighted by Crippen LogP contribution is 2.27. The van der Waals surface area contributed by atoms with Crippen molar-refractivity contribution < 1.29 is 0 Å². The van der Waals surface area contributed by atoms with Crippen molar-refractivity contribution in [3.05, 3.63) is 64.4 Å². The van der Waals surface area contributed by atoms with Crippen LogP contribution in [0.25, 0.3) is 0 Å². The Labute approximate surface area is 133 Å². The van der Waals surface area contributed by atoms with E-state index in [2.05, 4.69) is 50.9 Å². The average Bonchev–Trinajstić information content (AvgIpc) is 2.42. The summed E-state index contributed by atoms with van der Waals surface area (Å²) >= 11 is 6.38.